The van der Waals surface area contributed by atoms with Crippen molar-refractivity contribution >= 4 is 17.7 Å². The Morgan fingerprint density at radius 2 is 1.90 bits per heavy atom. The zero-order valence-electron chi connectivity index (χ0n) is 10.8. The molecule has 0 amide bonds. The fourth-order valence-electron chi connectivity index (χ4n) is 2.30. The summed E-state index contributed by atoms with van der Waals surface area (Å²) in [5, 5.41) is 11.0. The van der Waals surface area contributed by atoms with E-state index >= 15 is 0 Å². The van der Waals surface area contributed by atoms with E-state index in [2.05, 4.69) is 11.8 Å². The predicted octanol–water partition coefficient (Wildman–Crippen LogP) is 4.07. The Hall–Kier alpha value is -2.01. The van der Waals surface area contributed by atoms with Crippen molar-refractivity contribution in [2.45, 2.75) is 6.10 Å². The second-order valence-corrected chi connectivity index (χ2v) is 5.17. The molecule has 0 heterocycles. The Morgan fingerprint density at radius 3 is 2.75 bits per heavy atom. The van der Waals surface area contributed by atoms with Crippen LogP contribution in [0.2, 0.25) is 5.02 Å². The maximum absolute atomic E-state index is 10.4. The van der Waals surface area contributed by atoms with Gasteiger partial charge in [-0.15, -0.1) is 0 Å². The van der Waals surface area contributed by atoms with Crippen LogP contribution in [0.5, 0.6) is 0 Å². The molecule has 0 saturated heterocycles. The SMILES string of the molecule is OC1c2ccccc2C=CC1C#Cc1cccc(Cl)c1. The minimum Gasteiger partial charge on any atom is -0.387 e. The van der Waals surface area contributed by atoms with Gasteiger partial charge in [-0.1, -0.05) is 65.9 Å². The van der Waals surface area contributed by atoms with Gasteiger partial charge in [-0.3, -0.25) is 0 Å². The molecule has 2 atom stereocenters. The van der Waals surface area contributed by atoms with Gasteiger partial charge in [0.25, 0.3) is 0 Å². The van der Waals surface area contributed by atoms with Crippen molar-refractivity contribution < 1.29 is 5.11 Å². The Bertz CT molecular complexity index is 721. The third kappa shape index (κ3) is 2.63. The number of fused-ring (bicyclic) bond motifs is 1. The third-order valence-electron chi connectivity index (χ3n) is 3.35. The van der Waals surface area contributed by atoms with Gasteiger partial charge in [0.15, 0.2) is 0 Å². The number of hydrogen-bond acceptors (Lipinski definition) is 1. The molecule has 2 heteroatoms. The van der Waals surface area contributed by atoms with Crippen LogP contribution >= 0.6 is 11.6 Å². The number of hydrogen-bond donors (Lipinski definition) is 1. The van der Waals surface area contributed by atoms with Crippen molar-refractivity contribution in [3.05, 3.63) is 76.3 Å². The number of rotatable bonds is 0. The van der Waals surface area contributed by atoms with Crippen molar-refractivity contribution in [2.24, 2.45) is 5.92 Å². The lowest BCUT2D eigenvalue weighted by Crippen LogP contribution is -2.13. The highest BCUT2D eigenvalue weighted by molar-refractivity contribution is 6.30. The highest BCUT2D eigenvalue weighted by atomic mass is 35.5. The molecule has 2 aromatic rings. The molecule has 2 aromatic carbocycles. The molecule has 0 fully saturated rings. The number of aliphatic hydroxyl groups excluding tert-OH is 1. The van der Waals surface area contributed by atoms with Crippen molar-refractivity contribution in [3.63, 3.8) is 0 Å². The van der Waals surface area contributed by atoms with Crippen LogP contribution in [0.15, 0.2) is 54.6 Å². The molecule has 0 spiro atoms. The van der Waals surface area contributed by atoms with Gasteiger partial charge in [0.2, 0.25) is 0 Å². The number of aliphatic hydroxyl groups is 1. The topological polar surface area (TPSA) is 20.2 Å². The van der Waals surface area contributed by atoms with E-state index in [1.54, 1.807) is 0 Å². The Morgan fingerprint density at radius 1 is 1.05 bits per heavy atom. The van der Waals surface area contributed by atoms with Crippen molar-refractivity contribution in [1.82, 2.24) is 0 Å². The van der Waals surface area contributed by atoms with Crippen LogP contribution in [0.1, 0.15) is 22.8 Å². The zero-order chi connectivity index (χ0) is 13.9. The molecule has 98 valence electrons. The van der Waals surface area contributed by atoms with Gasteiger partial charge in [0.1, 0.15) is 0 Å². The molecule has 0 saturated carbocycles. The lowest BCUT2D eigenvalue weighted by Gasteiger charge is -2.21. The summed E-state index contributed by atoms with van der Waals surface area (Å²) in [7, 11) is 0. The minimum absolute atomic E-state index is 0.191. The molecule has 0 bridgehead atoms. The van der Waals surface area contributed by atoms with Gasteiger partial charge >= 0.3 is 0 Å². The minimum atomic E-state index is -0.581. The van der Waals surface area contributed by atoms with E-state index in [4.69, 9.17) is 11.6 Å². The standard InChI is InChI=1S/C18H13ClO/c19-16-6-3-4-13(12-16)8-9-15-11-10-14-5-1-2-7-17(14)18(15)20/h1-7,10-12,15,18,20H. The molecule has 0 aliphatic heterocycles. The summed E-state index contributed by atoms with van der Waals surface area (Å²) in [6.45, 7) is 0. The summed E-state index contributed by atoms with van der Waals surface area (Å²) in [6, 6.07) is 15.3. The average molecular weight is 281 g/mol. The van der Waals surface area contributed by atoms with Crippen LogP contribution in [0.3, 0.4) is 0 Å². The summed E-state index contributed by atoms with van der Waals surface area (Å²) in [5.41, 5.74) is 2.85. The van der Waals surface area contributed by atoms with Crippen LogP contribution in [-0.4, -0.2) is 5.11 Å². The summed E-state index contributed by atoms with van der Waals surface area (Å²) >= 11 is 5.93. The summed E-state index contributed by atoms with van der Waals surface area (Å²) in [5.74, 6) is 5.99. The normalized spacial score (nSPS) is 19.9. The van der Waals surface area contributed by atoms with Gasteiger partial charge in [-0.25, -0.2) is 0 Å². The largest absolute Gasteiger partial charge is 0.387 e. The molecule has 3 rings (SSSR count). The van der Waals surface area contributed by atoms with E-state index in [9.17, 15) is 5.11 Å². The molecule has 1 nitrogen and oxygen atoms in total. The molecule has 20 heavy (non-hydrogen) atoms. The maximum Gasteiger partial charge on any atom is 0.0968 e. The van der Waals surface area contributed by atoms with E-state index in [-0.39, 0.29) is 5.92 Å². The lowest BCUT2D eigenvalue weighted by atomic mass is 9.87. The van der Waals surface area contributed by atoms with E-state index in [0.717, 1.165) is 16.7 Å². The third-order valence-corrected chi connectivity index (χ3v) is 3.58. The number of halogens is 1. The second kappa shape index (κ2) is 5.54. The van der Waals surface area contributed by atoms with Crippen LogP contribution in [0.25, 0.3) is 6.08 Å². The molecule has 0 aromatic heterocycles. The van der Waals surface area contributed by atoms with Crippen LogP contribution in [-0.2, 0) is 0 Å². The Kier molecular flexibility index (Phi) is 3.60. The van der Waals surface area contributed by atoms with Crippen LogP contribution in [0.4, 0.5) is 0 Å². The van der Waals surface area contributed by atoms with Gasteiger partial charge in [0.05, 0.1) is 12.0 Å². The summed E-state index contributed by atoms with van der Waals surface area (Å²) < 4.78 is 0. The summed E-state index contributed by atoms with van der Waals surface area (Å²) in [6.07, 6.45) is 3.38. The highest BCUT2D eigenvalue weighted by Crippen LogP contribution is 2.31. The first kappa shape index (κ1) is 13.0. The average Bonchev–Trinajstić information content (AvgIpc) is 2.47. The zero-order valence-corrected chi connectivity index (χ0v) is 11.5. The molecular weight excluding hydrogens is 268 g/mol. The maximum atomic E-state index is 10.4. The fourth-order valence-corrected chi connectivity index (χ4v) is 2.49. The first-order valence-electron chi connectivity index (χ1n) is 6.46. The van der Waals surface area contributed by atoms with E-state index in [0.29, 0.717) is 5.02 Å². The summed E-state index contributed by atoms with van der Waals surface area (Å²) in [4.78, 5) is 0. The van der Waals surface area contributed by atoms with E-state index in [1.807, 2.05) is 60.7 Å². The quantitative estimate of drug-likeness (QED) is 0.721. The smallest absolute Gasteiger partial charge is 0.0968 e. The van der Waals surface area contributed by atoms with Crippen molar-refractivity contribution in [3.8, 4) is 11.8 Å². The highest BCUT2D eigenvalue weighted by Gasteiger charge is 2.21. The molecular formula is C18H13ClO. The van der Waals surface area contributed by atoms with Gasteiger partial charge < -0.3 is 5.11 Å². The molecule has 1 aliphatic rings. The second-order valence-electron chi connectivity index (χ2n) is 4.74. The first-order valence-corrected chi connectivity index (χ1v) is 6.84. The van der Waals surface area contributed by atoms with Gasteiger partial charge in [0, 0.05) is 10.6 Å². The lowest BCUT2D eigenvalue weighted by molar-refractivity contribution is 0.153. The van der Waals surface area contributed by atoms with Crippen LogP contribution < -0.4 is 0 Å². The molecule has 0 radical (unpaired) electrons. The van der Waals surface area contributed by atoms with Gasteiger partial charge in [-0.2, -0.15) is 0 Å². The van der Waals surface area contributed by atoms with Crippen molar-refractivity contribution in [2.75, 3.05) is 0 Å². The van der Waals surface area contributed by atoms with E-state index < -0.39 is 6.10 Å². The van der Waals surface area contributed by atoms with Crippen LogP contribution in [0, 0.1) is 17.8 Å². The number of benzene rings is 2. The van der Waals surface area contributed by atoms with Crippen molar-refractivity contribution in [1.29, 1.82) is 0 Å². The predicted molar refractivity (Wildman–Crippen MR) is 82.3 cm³/mol. The molecule has 1 N–H and O–H groups in total. The first-order chi connectivity index (χ1) is 9.74. The van der Waals surface area contributed by atoms with Gasteiger partial charge in [-0.05, 0) is 29.3 Å². The monoisotopic (exact) mass is 280 g/mol. The Balaban J connectivity index is 1.88. The molecule has 1 aliphatic carbocycles. The molecule has 2 unspecified atom stereocenters. The van der Waals surface area contributed by atoms with E-state index in [1.165, 1.54) is 0 Å². The Labute approximate surface area is 123 Å². The fraction of sp³-hybridized carbons (Fsp3) is 0.111.